The van der Waals surface area contributed by atoms with E-state index in [0.717, 1.165) is 0 Å². The van der Waals surface area contributed by atoms with Gasteiger partial charge in [-0.2, -0.15) is 0 Å². The van der Waals surface area contributed by atoms with Gasteiger partial charge in [0.2, 0.25) is 0 Å². The summed E-state index contributed by atoms with van der Waals surface area (Å²) < 4.78 is 6.74. The lowest BCUT2D eigenvalue weighted by Gasteiger charge is -2.26. The molecule has 1 saturated heterocycles. The van der Waals surface area contributed by atoms with Gasteiger partial charge in [-0.05, 0) is 18.2 Å². The van der Waals surface area contributed by atoms with Crippen molar-refractivity contribution < 1.29 is 14.3 Å². The van der Waals surface area contributed by atoms with Gasteiger partial charge < -0.3 is 9.64 Å². The third-order valence-electron chi connectivity index (χ3n) is 5.09. The monoisotopic (exact) mass is 376 g/mol. The van der Waals surface area contributed by atoms with E-state index in [1.54, 1.807) is 60.7 Å². The molecule has 1 fully saturated rings. The van der Waals surface area contributed by atoms with Crippen molar-refractivity contribution in [2.45, 2.75) is 12.8 Å². The van der Waals surface area contributed by atoms with E-state index >= 15 is 0 Å². The summed E-state index contributed by atoms with van der Waals surface area (Å²) in [6.45, 7) is 0.814. The molecule has 0 saturated carbocycles. The predicted molar refractivity (Wildman–Crippen MR) is 106 cm³/mol. The zero-order valence-electron chi connectivity index (χ0n) is 15.6. The van der Waals surface area contributed by atoms with Gasteiger partial charge in [-0.1, -0.05) is 24.3 Å². The van der Waals surface area contributed by atoms with Crippen LogP contribution in [0.5, 0.6) is 5.75 Å². The van der Waals surface area contributed by atoms with Crippen molar-refractivity contribution in [3.63, 3.8) is 0 Å². The number of hydrogen-bond donors (Lipinski definition) is 0. The Morgan fingerprint density at radius 2 is 1.68 bits per heavy atom. The maximum absolute atomic E-state index is 13.2. The van der Waals surface area contributed by atoms with Crippen LogP contribution in [0.4, 0.5) is 0 Å². The zero-order valence-corrected chi connectivity index (χ0v) is 15.6. The third-order valence-corrected chi connectivity index (χ3v) is 5.09. The Morgan fingerprint density at radius 1 is 0.964 bits per heavy atom. The first kappa shape index (κ1) is 18.0. The molecular weight excluding hydrogens is 356 g/mol. The average Bonchev–Trinajstić information content (AvgIpc) is 2.74. The molecule has 2 heterocycles. The number of piperidine rings is 1. The van der Waals surface area contributed by atoms with Crippen molar-refractivity contribution >= 4 is 22.5 Å². The number of carbonyl (C=O) groups is 2. The molecule has 1 aromatic heterocycles. The molecule has 142 valence electrons. The van der Waals surface area contributed by atoms with Crippen LogP contribution in [-0.4, -0.2) is 41.4 Å². The number of amides is 1. The molecule has 1 aliphatic rings. The maximum atomic E-state index is 13.2. The molecule has 0 atom stereocenters. The maximum Gasteiger partial charge on any atom is 0.262 e. The van der Waals surface area contributed by atoms with Crippen molar-refractivity contribution in [1.82, 2.24) is 9.47 Å². The summed E-state index contributed by atoms with van der Waals surface area (Å²) in [4.78, 5) is 39.5. The van der Waals surface area contributed by atoms with E-state index in [1.165, 1.54) is 4.57 Å². The minimum absolute atomic E-state index is 0.166. The largest absolute Gasteiger partial charge is 0.497 e. The van der Waals surface area contributed by atoms with Gasteiger partial charge in [-0.3, -0.25) is 19.0 Å². The fraction of sp³-hybridized carbons (Fsp3) is 0.227. The first-order chi connectivity index (χ1) is 13.6. The number of fused-ring (bicyclic) bond motifs is 1. The van der Waals surface area contributed by atoms with Gasteiger partial charge >= 0.3 is 0 Å². The van der Waals surface area contributed by atoms with Crippen molar-refractivity contribution in [2.24, 2.45) is 0 Å². The summed E-state index contributed by atoms with van der Waals surface area (Å²) >= 11 is 0. The van der Waals surface area contributed by atoms with E-state index in [9.17, 15) is 14.4 Å². The molecule has 1 aliphatic heterocycles. The first-order valence-corrected chi connectivity index (χ1v) is 9.18. The summed E-state index contributed by atoms with van der Waals surface area (Å²) in [5.74, 6) is 0.635. The van der Waals surface area contributed by atoms with Crippen LogP contribution in [0.1, 0.15) is 23.2 Å². The fourth-order valence-corrected chi connectivity index (χ4v) is 3.54. The lowest BCUT2D eigenvalue weighted by atomic mass is 10.0. The summed E-state index contributed by atoms with van der Waals surface area (Å²) in [7, 11) is 1.56. The molecule has 0 spiro atoms. The van der Waals surface area contributed by atoms with E-state index < -0.39 is 0 Å². The van der Waals surface area contributed by atoms with Crippen molar-refractivity contribution in [1.29, 1.82) is 0 Å². The van der Waals surface area contributed by atoms with Crippen molar-refractivity contribution in [3.8, 4) is 11.4 Å². The topological polar surface area (TPSA) is 68.6 Å². The third kappa shape index (κ3) is 3.17. The molecule has 0 radical (unpaired) electrons. The second-order valence-corrected chi connectivity index (χ2v) is 6.80. The number of ketones is 1. The molecule has 0 unspecified atom stereocenters. The molecular formula is C22H20N2O4. The van der Waals surface area contributed by atoms with Gasteiger partial charge in [0.25, 0.3) is 11.5 Å². The predicted octanol–water partition coefficient (Wildman–Crippen LogP) is 2.80. The number of carbonyl (C=O) groups excluding carboxylic acids is 2. The normalized spacial score (nSPS) is 14.3. The van der Waals surface area contributed by atoms with Gasteiger partial charge in [0.05, 0.1) is 18.4 Å². The number of likely N-dealkylation sites (tertiary alicyclic amines) is 1. The zero-order chi connectivity index (χ0) is 19.7. The lowest BCUT2D eigenvalue weighted by molar-refractivity contribution is -0.120. The second-order valence-electron chi connectivity index (χ2n) is 6.80. The van der Waals surface area contributed by atoms with E-state index in [4.69, 9.17) is 4.74 Å². The molecule has 0 bridgehead atoms. The Kier molecular flexibility index (Phi) is 4.69. The average molecular weight is 376 g/mol. The van der Waals surface area contributed by atoms with Crippen LogP contribution >= 0.6 is 0 Å². The first-order valence-electron chi connectivity index (χ1n) is 9.18. The standard InChI is InChI=1S/C22H20N2O4/c1-28-17-6-4-5-15(13-17)24-14-20(18-7-2-3-8-19(18)22(24)27)21(26)23-11-9-16(25)10-12-23/h2-8,13-14H,9-12H2,1H3. The van der Waals surface area contributed by atoms with E-state index in [0.29, 0.717) is 53.7 Å². The smallest absolute Gasteiger partial charge is 0.262 e. The molecule has 4 rings (SSSR count). The van der Waals surface area contributed by atoms with Crippen LogP contribution in [-0.2, 0) is 4.79 Å². The summed E-state index contributed by atoms with van der Waals surface area (Å²) in [5, 5.41) is 1.10. The van der Waals surface area contributed by atoms with Crippen molar-refractivity contribution in [2.75, 3.05) is 20.2 Å². The highest BCUT2D eigenvalue weighted by Gasteiger charge is 2.24. The van der Waals surface area contributed by atoms with Gasteiger partial charge in [-0.15, -0.1) is 0 Å². The molecule has 2 aromatic carbocycles. The highest BCUT2D eigenvalue weighted by molar-refractivity contribution is 6.07. The summed E-state index contributed by atoms with van der Waals surface area (Å²) in [6, 6.07) is 14.3. The summed E-state index contributed by atoms with van der Waals surface area (Å²) in [5.41, 5.74) is 0.875. The molecule has 0 aliphatic carbocycles. The van der Waals surface area contributed by atoms with Gasteiger partial charge in [0.15, 0.2) is 0 Å². The lowest BCUT2D eigenvalue weighted by Crippen LogP contribution is -2.39. The second kappa shape index (κ2) is 7.31. The Labute approximate surface area is 162 Å². The van der Waals surface area contributed by atoms with E-state index in [1.807, 2.05) is 6.07 Å². The van der Waals surface area contributed by atoms with Gasteiger partial charge in [0, 0.05) is 49.0 Å². The van der Waals surface area contributed by atoms with E-state index in [2.05, 4.69) is 0 Å². The van der Waals surface area contributed by atoms with Crippen LogP contribution in [0.2, 0.25) is 0 Å². The number of benzene rings is 2. The highest BCUT2D eigenvalue weighted by atomic mass is 16.5. The van der Waals surface area contributed by atoms with E-state index in [-0.39, 0.29) is 17.2 Å². The van der Waals surface area contributed by atoms with Crippen LogP contribution < -0.4 is 10.3 Å². The molecule has 6 nitrogen and oxygen atoms in total. The van der Waals surface area contributed by atoms with Gasteiger partial charge in [0.1, 0.15) is 11.5 Å². The highest BCUT2D eigenvalue weighted by Crippen LogP contribution is 2.22. The van der Waals surface area contributed by atoms with Crippen LogP contribution in [0.15, 0.2) is 59.5 Å². The number of pyridine rings is 1. The Balaban J connectivity index is 1.88. The van der Waals surface area contributed by atoms with Gasteiger partial charge in [-0.25, -0.2) is 0 Å². The fourth-order valence-electron chi connectivity index (χ4n) is 3.54. The number of methoxy groups -OCH3 is 1. The molecule has 3 aromatic rings. The number of rotatable bonds is 3. The van der Waals surface area contributed by atoms with Crippen LogP contribution in [0.3, 0.4) is 0 Å². The molecule has 6 heteroatoms. The SMILES string of the molecule is COc1cccc(-n2cc(C(=O)N3CCC(=O)CC3)c3ccccc3c2=O)c1. The minimum atomic E-state index is -0.200. The summed E-state index contributed by atoms with van der Waals surface area (Å²) in [6.07, 6.45) is 2.34. The Bertz CT molecular complexity index is 1120. The molecule has 1 amide bonds. The number of nitrogens with zero attached hydrogens (tertiary/aromatic N) is 2. The molecule has 28 heavy (non-hydrogen) atoms. The Hall–Kier alpha value is -3.41. The number of hydrogen-bond acceptors (Lipinski definition) is 4. The quantitative estimate of drug-likeness (QED) is 0.705. The van der Waals surface area contributed by atoms with Crippen molar-refractivity contribution in [3.05, 3.63) is 70.6 Å². The number of Topliss-reactive ketones (excluding diaryl/α,β-unsaturated/α-hetero) is 1. The van der Waals surface area contributed by atoms with Crippen LogP contribution in [0, 0.1) is 0 Å². The Morgan fingerprint density at radius 3 is 2.39 bits per heavy atom. The van der Waals surface area contributed by atoms with Crippen LogP contribution in [0.25, 0.3) is 16.5 Å². The number of aromatic nitrogens is 1. The molecule has 0 N–H and O–H groups in total. The number of ether oxygens (including phenoxy) is 1. The minimum Gasteiger partial charge on any atom is -0.497 e.